The number of carboxylic acid groups (broad SMARTS) is 1. The van der Waals surface area contributed by atoms with E-state index in [0.717, 1.165) is 24.1 Å². The molecule has 0 bridgehead atoms. The minimum Gasteiger partial charge on any atom is -0.481 e. The first kappa shape index (κ1) is 18.7. The van der Waals surface area contributed by atoms with Crippen molar-refractivity contribution in [3.05, 3.63) is 48.3 Å². The lowest BCUT2D eigenvalue weighted by molar-refractivity contribution is -0.145. The summed E-state index contributed by atoms with van der Waals surface area (Å²) >= 11 is 0. The highest BCUT2D eigenvalue weighted by Gasteiger charge is 2.40. The molecule has 1 aromatic carbocycles. The van der Waals surface area contributed by atoms with Crippen LogP contribution >= 0.6 is 0 Å². The van der Waals surface area contributed by atoms with E-state index in [1.54, 1.807) is 10.9 Å². The Morgan fingerprint density at radius 1 is 1.14 bits per heavy atom. The Morgan fingerprint density at radius 3 is 2.61 bits per heavy atom. The van der Waals surface area contributed by atoms with Crippen molar-refractivity contribution in [2.24, 2.45) is 11.8 Å². The second-order valence-electron chi connectivity index (χ2n) is 7.59. The zero-order valence-corrected chi connectivity index (χ0v) is 15.7. The Hall–Kier alpha value is -2.67. The molecule has 2 aliphatic heterocycles. The standard InChI is InChI=1S/C21H25N3O4/c25-19(12-15-13-22-24(14-15)17-4-2-1-3-5-17)23-9-6-16(7-10-23)20-18(21(26)27)8-11-28-20/h1-5,13-14,16,18,20H,6-12H2,(H,26,27)/t18?,20-/m0/s1. The number of likely N-dealkylation sites (tertiary alicyclic amines) is 1. The number of hydrogen-bond donors (Lipinski definition) is 1. The van der Waals surface area contributed by atoms with Crippen LogP contribution < -0.4 is 0 Å². The van der Waals surface area contributed by atoms with Crippen LogP contribution in [-0.4, -0.2) is 57.5 Å². The molecule has 148 valence electrons. The second kappa shape index (κ2) is 8.14. The number of para-hydroxylation sites is 1. The Balaban J connectivity index is 1.31. The summed E-state index contributed by atoms with van der Waals surface area (Å²) in [5, 5.41) is 13.7. The van der Waals surface area contributed by atoms with Gasteiger partial charge in [0.05, 0.1) is 30.3 Å². The maximum Gasteiger partial charge on any atom is 0.309 e. The van der Waals surface area contributed by atoms with Gasteiger partial charge in [-0.2, -0.15) is 5.10 Å². The smallest absolute Gasteiger partial charge is 0.309 e. The SMILES string of the molecule is O=C(O)C1CCO[C@H]1C1CCN(C(=O)Cc2cnn(-c3ccccc3)c2)CC1. The van der Waals surface area contributed by atoms with Gasteiger partial charge in [0.1, 0.15) is 0 Å². The summed E-state index contributed by atoms with van der Waals surface area (Å²) in [7, 11) is 0. The van der Waals surface area contributed by atoms with Gasteiger partial charge in [-0.1, -0.05) is 18.2 Å². The molecule has 0 saturated carbocycles. The molecule has 2 aliphatic rings. The lowest BCUT2D eigenvalue weighted by atomic mass is 9.84. The number of aliphatic carboxylic acids is 1. The topological polar surface area (TPSA) is 84.7 Å². The fourth-order valence-corrected chi connectivity index (χ4v) is 4.28. The lowest BCUT2D eigenvalue weighted by Crippen LogP contribution is -2.43. The van der Waals surface area contributed by atoms with Gasteiger partial charge in [0, 0.05) is 25.9 Å². The molecule has 1 aromatic heterocycles. The van der Waals surface area contributed by atoms with E-state index in [-0.39, 0.29) is 17.9 Å². The number of carbonyl (C=O) groups is 2. The molecule has 7 heteroatoms. The Kier molecular flexibility index (Phi) is 5.43. The Bertz CT molecular complexity index is 827. The van der Waals surface area contributed by atoms with E-state index in [2.05, 4.69) is 5.10 Å². The number of hydrogen-bond acceptors (Lipinski definition) is 4. The number of benzene rings is 1. The monoisotopic (exact) mass is 383 g/mol. The van der Waals surface area contributed by atoms with E-state index in [9.17, 15) is 14.7 Å². The normalized spacial score (nSPS) is 23.1. The molecule has 1 N–H and O–H groups in total. The van der Waals surface area contributed by atoms with Crippen LogP contribution in [0.2, 0.25) is 0 Å². The van der Waals surface area contributed by atoms with Crippen molar-refractivity contribution in [3.63, 3.8) is 0 Å². The van der Waals surface area contributed by atoms with Gasteiger partial charge < -0.3 is 14.7 Å². The van der Waals surface area contributed by atoms with E-state index in [1.165, 1.54) is 0 Å². The van der Waals surface area contributed by atoms with E-state index < -0.39 is 11.9 Å². The Morgan fingerprint density at radius 2 is 1.89 bits per heavy atom. The molecule has 2 aromatic rings. The third-order valence-electron chi connectivity index (χ3n) is 5.82. The molecule has 28 heavy (non-hydrogen) atoms. The van der Waals surface area contributed by atoms with Gasteiger partial charge in [0.25, 0.3) is 0 Å². The lowest BCUT2D eigenvalue weighted by Gasteiger charge is -2.35. The second-order valence-corrected chi connectivity index (χ2v) is 7.59. The summed E-state index contributed by atoms with van der Waals surface area (Å²) in [4.78, 5) is 25.9. The van der Waals surface area contributed by atoms with Crippen molar-refractivity contribution in [1.82, 2.24) is 14.7 Å². The molecule has 1 amide bonds. The predicted octanol–water partition coefficient (Wildman–Crippen LogP) is 2.14. The van der Waals surface area contributed by atoms with Gasteiger partial charge in [0.2, 0.25) is 5.91 Å². The molecule has 0 spiro atoms. The number of aromatic nitrogens is 2. The van der Waals surface area contributed by atoms with Crippen LogP contribution in [0.5, 0.6) is 0 Å². The molecule has 2 fully saturated rings. The number of amides is 1. The zero-order valence-electron chi connectivity index (χ0n) is 15.7. The van der Waals surface area contributed by atoms with Crippen LogP contribution in [-0.2, 0) is 20.7 Å². The van der Waals surface area contributed by atoms with Crippen LogP contribution in [0.3, 0.4) is 0 Å². The molecular weight excluding hydrogens is 358 g/mol. The fraction of sp³-hybridized carbons (Fsp3) is 0.476. The van der Waals surface area contributed by atoms with Crippen LogP contribution in [0, 0.1) is 11.8 Å². The van der Waals surface area contributed by atoms with E-state index in [4.69, 9.17) is 4.74 Å². The van der Waals surface area contributed by atoms with Crippen LogP contribution in [0.25, 0.3) is 5.69 Å². The van der Waals surface area contributed by atoms with Gasteiger partial charge in [-0.25, -0.2) is 4.68 Å². The molecule has 2 atom stereocenters. The molecule has 7 nitrogen and oxygen atoms in total. The maximum atomic E-state index is 12.7. The fourth-order valence-electron chi connectivity index (χ4n) is 4.28. The number of carboxylic acids is 1. The van der Waals surface area contributed by atoms with Crippen molar-refractivity contribution in [2.75, 3.05) is 19.7 Å². The quantitative estimate of drug-likeness (QED) is 0.855. The molecule has 2 saturated heterocycles. The summed E-state index contributed by atoms with van der Waals surface area (Å²) in [5.41, 5.74) is 1.85. The van der Waals surface area contributed by atoms with Crippen molar-refractivity contribution in [1.29, 1.82) is 0 Å². The van der Waals surface area contributed by atoms with Crippen molar-refractivity contribution >= 4 is 11.9 Å². The molecular formula is C21H25N3O4. The number of nitrogens with zero attached hydrogens (tertiary/aromatic N) is 3. The third kappa shape index (κ3) is 3.94. The highest BCUT2D eigenvalue weighted by Crippen LogP contribution is 2.33. The minimum atomic E-state index is -0.767. The van der Waals surface area contributed by atoms with Crippen LogP contribution in [0.15, 0.2) is 42.7 Å². The van der Waals surface area contributed by atoms with Crippen molar-refractivity contribution in [3.8, 4) is 5.69 Å². The molecule has 3 heterocycles. The zero-order chi connectivity index (χ0) is 19.5. The highest BCUT2D eigenvalue weighted by atomic mass is 16.5. The molecule has 0 radical (unpaired) electrons. The third-order valence-corrected chi connectivity index (χ3v) is 5.82. The predicted molar refractivity (Wildman–Crippen MR) is 102 cm³/mol. The van der Waals surface area contributed by atoms with Crippen molar-refractivity contribution < 1.29 is 19.4 Å². The van der Waals surface area contributed by atoms with E-state index in [1.807, 2.05) is 41.4 Å². The average Bonchev–Trinajstić information content (AvgIpc) is 3.38. The van der Waals surface area contributed by atoms with Gasteiger partial charge in [-0.15, -0.1) is 0 Å². The van der Waals surface area contributed by atoms with Crippen LogP contribution in [0.4, 0.5) is 0 Å². The summed E-state index contributed by atoms with van der Waals surface area (Å²) in [6.07, 6.45) is 5.93. The maximum absolute atomic E-state index is 12.7. The van der Waals surface area contributed by atoms with Crippen molar-refractivity contribution in [2.45, 2.75) is 31.8 Å². The average molecular weight is 383 g/mol. The highest BCUT2D eigenvalue weighted by molar-refractivity contribution is 5.78. The number of piperidine rings is 1. The number of rotatable bonds is 5. The van der Waals surface area contributed by atoms with Gasteiger partial charge in [0.15, 0.2) is 0 Å². The first-order chi connectivity index (χ1) is 13.6. The summed E-state index contributed by atoms with van der Waals surface area (Å²) in [5.74, 6) is -0.867. The Labute approximate surface area is 163 Å². The van der Waals surface area contributed by atoms with Gasteiger partial charge >= 0.3 is 5.97 Å². The summed E-state index contributed by atoms with van der Waals surface area (Å²) < 4.78 is 7.48. The first-order valence-electron chi connectivity index (χ1n) is 9.83. The van der Waals surface area contributed by atoms with E-state index in [0.29, 0.717) is 32.5 Å². The molecule has 4 rings (SSSR count). The molecule has 1 unspecified atom stereocenters. The van der Waals surface area contributed by atoms with Gasteiger partial charge in [-0.3, -0.25) is 9.59 Å². The number of carbonyl (C=O) groups excluding carboxylic acids is 1. The van der Waals surface area contributed by atoms with Gasteiger partial charge in [-0.05, 0) is 42.9 Å². The number of ether oxygens (including phenoxy) is 1. The summed E-state index contributed by atoms with van der Waals surface area (Å²) in [6.45, 7) is 1.83. The van der Waals surface area contributed by atoms with Crippen LogP contribution in [0.1, 0.15) is 24.8 Å². The summed E-state index contributed by atoms with van der Waals surface area (Å²) in [6, 6.07) is 9.80. The molecule has 0 aliphatic carbocycles. The largest absolute Gasteiger partial charge is 0.481 e. The first-order valence-corrected chi connectivity index (χ1v) is 9.83. The minimum absolute atomic E-state index is 0.0909. The van der Waals surface area contributed by atoms with E-state index >= 15 is 0 Å².